The molecule has 0 aliphatic heterocycles. The Morgan fingerprint density at radius 2 is 1.78 bits per heavy atom. The standard InChI is InChI=1S/C22H19ClN2OS/c23-18-8-6-17(7-9-18)15-24-22(26)20-14-21-19(11-13-27-21)25(20)12-10-16-4-2-1-3-5-16/h1-9,11,13-14H,10,12,15H2,(H,24,26). The summed E-state index contributed by atoms with van der Waals surface area (Å²) in [5, 5.41) is 5.79. The molecule has 2 aromatic heterocycles. The molecule has 1 amide bonds. The first-order valence-corrected chi connectivity index (χ1v) is 10.1. The SMILES string of the molecule is O=C(NCc1ccc(Cl)cc1)c1cc2sccc2n1CCc1ccccc1. The van der Waals surface area contributed by atoms with Crippen molar-refractivity contribution < 1.29 is 4.79 Å². The second kappa shape index (κ2) is 7.99. The number of aromatic nitrogens is 1. The molecule has 0 aliphatic rings. The van der Waals surface area contributed by atoms with Gasteiger partial charge in [0.05, 0.1) is 10.2 Å². The zero-order valence-electron chi connectivity index (χ0n) is 14.7. The second-order valence-electron chi connectivity index (χ2n) is 6.40. The van der Waals surface area contributed by atoms with Crippen molar-refractivity contribution in [3.05, 3.63) is 94.0 Å². The van der Waals surface area contributed by atoms with Crippen LogP contribution in [0.1, 0.15) is 21.6 Å². The monoisotopic (exact) mass is 394 g/mol. The van der Waals surface area contributed by atoms with Crippen LogP contribution in [0.5, 0.6) is 0 Å². The lowest BCUT2D eigenvalue weighted by Crippen LogP contribution is -2.25. The van der Waals surface area contributed by atoms with E-state index in [0.717, 1.165) is 28.7 Å². The van der Waals surface area contributed by atoms with E-state index in [9.17, 15) is 4.79 Å². The maximum absolute atomic E-state index is 12.8. The number of halogens is 1. The summed E-state index contributed by atoms with van der Waals surface area (Å²) < 4.78 is 3.26. The third-order valence-corrected chi connectivity index (χ3v) is 5.69. The minimum Gasteiger partial charge on any atom is -0.347 e. The third-order valence-electron chi connectivity index (χ3n) is 4.59. The normalized spacial score (nSPS) is 11.0. The molecule has 0 fully saturated rings. The molecule has 0 radical (unpaired) electrons. The summed E-state index contributed by atoms with van der Waals surface area (Å²) in [7, 11) is 0. The van der Waals surface area contributed by atoms with E-state index >= 15 is 0 Å². The molecule has 4 aromatic rings. The summed E-state index contributed by atoms with van der Waals surface area (Å²) in [6.07, 6.45) is 0.887. The Kier molecular flexibility index (Phi) is 5.28. The molecule has 0 saturated heterocycles. The van der Waals surface area contributed by atoms with Crippen molar-refractivity contribution in [3.8, 4) is 0 Å². The van der Waals surface area contributed by atoms with E-state index < -0.39 is 0 Å². The predicted octanol–water partition coefficient (Wildman–Crippen LogP) is 5.53. The molecule has 3 nitrogen and oxygen atoms in total. The third kappa shape index (κ3) is 4.07. The molecule has 0 bridgehead atoms. The highest BCUT2D eigenvalue weighted by atomic mass is 35.5. The highest BCUT2D eigenvalue weighted by Crippen LogP contribution is 2.26. The van der Waals surface area contributed by atoms with Crippen LogP contribution in [0.25, 0.3) is 10.2 Å². The minimum absolute atomic E-state index is 0.0542. The Morgan fingerprint density at radius 3 is 2.56 bits per heavy atom. The molecule has 136 valence electrons. The molecule has 0 saturated carbocycles. The number of nitrogens with one attached hydrogen (secondary N) is 1. The zero-order valence-corrected chi connectivity index (χ0v) is 16.3. The Balaban J connectivity index is 1.52. The lowest BCUT2D eigenvalue weighted by molar-refractivity contribution is 0.0942. The van der Waals surface area contributed by atoms with Crippen molar-refractivity contribution in [2.75, 3.05) is 0 Å². The van der Waals surface area contributed by atoms with Crippen LogP contribution < -0.4 is 5.32 Å². The Morgan fingerprint density at radius 1 is 1.00 bits per heavy atom. The lowest BCUT2D eigenvalue weighted by Gasteiger charge is -2.11. The molecule has 4 rings (SSSR count). The summed E-state index contributed by atoms with van der Waals surface area (Å²) in [5.74, 6) is -0.0542. The van der Waals surface area contributed by atoms with Gasteiger partial charge in [0.2, 0.25) is 0 Å². The zero-order chi connectivity index (χ0) is 18.6. The van der Waals surface area contributed by atoms with Crippen LogP contribution in [0.2, 0.25) is 5.02 Å². The van der Waals surface area contributed by atoms with Gasteiger partial charge in [0, 0.05) is 18.1 Å². The first-order chi connectivity index (χ1) is 13.2. The van der Waals surface area contributed by atoms with Gasteiger partial charge in [-0.05, 0) is 47.2 Å². The molecular formula is C22H19ClN2OS. The summed E-state index contributed by atoms with van der Waals surface area (Å²) in [6, 6.07) is 21.9. The molecular weight excluding hydrogens is 376 g/mol. The number of hydrogen-bond donors (Lipinski definition) is 1. The molecule has 0 aliphatic carbocycles. The maximum Gasteiger partial charge on any atom is 0.268 e. The number of benzene rings is 2. The fourth-order valence-electron chi connectivity index (χ4n) is 3.17. The topological polar surface area (TPSA) is 34.0 Å². The minimum atomic E-state index is -0.0542. The van der Waals surface area contributed by atoms with E-state index in [-0.39, 0.29) is 5.91 Å². The molecule has 2 aromatic carbocycles. The molecule has 2 heterocycles. The summed E-state index contributed by atoms with van der Waals surface area (Å²) in [4.78, 5) is 12.8. The number of hydrogen-bond acceptors (Lipinski definition) is 2. The molecule has 1 N–H and O–H groups in total. The van der Waals surface area contributed by atoms with Gasteiger partial charge in [0.1, 0.15) is 5.69 Å². The molecule has 27 heavy (non-hydrogen) atoms. The number of fused-ring (bicyclic) bond motifs is 1. The summed E-state index contributed by atoms with van der Waals surface area (Å²) in [5.41, 5.74) is 4.12. The Labute approximate surface area is 167 Å². The maximum atomic E-state index is 12.8. The van der Waals surface area contributed by atoms with Crippen molar-refractivity contribution in [1.29, 1.82) is 0 Å². The lowest BCUT2D eigenvalue weighted by atomic mass is 10.1. The van der Waals surface area contributed by atoms with Crippen LogP contribution >= 0.6 is 22.9 Å². The van der Waals surface area contributed by atoms with Crippen LogP contribution in [0, 0.1) is 0 Å². The van der Waals surface area contributed by atoms with E-state index in [2.05, 4.69) is 33.5 Å². The van der Waals surface area contributed by atoms with Crippen LogP contribution in [0.4, 0.5) is 0 Å². The first kappa shape index (κ1) is 17.8. The number of amides is 1. The number of carbonyl (C=O) groups is 1. The van der Waals surface area contributed by atoms with Gasteiger partial charge in [0.25, 0.3) is 5.91 Å². The average molecular weight is 395 g/mol. The fourth-order valence-corrected chi connectivity index (χ4v) is 4.12. The molecule has 0 spiro atoms. The highest BCUT2D eigenvalue weighted by Gasteiger charge is 2.16. The van der Waals surface area contributed by atoms with Crippen molar-refractivity contribution in [2.45, 2.75) is 19.5 Å². The number of nitrogens with zero attached hydrogens (tertiary/aromatic N) is 1. The first-order valence-electron chi connectivity index (χ1n) is 8.84. The number of aryl methyl sites for hydroxylation is 2. The molecule has 5 heteroatoms. The van der Waals surface area contributed by atoms with Gasteiger partial charge in [-0.1, -0.05) is 54.1 Å². The van der Waals surface area contributed by atoms with Crippen molar-refractivity contribution in [3.63, 3.8) is 0 Å². The van der Waals surface area contributed by atoms with Crippen LogP contribution in [-0.2, 0) is 19.5 Å². The fraction of sp³-hybridized carbons (Fsp3) is 0.136. The largest absolute Gasteiger partial charge is 0.347 e. The Hall–Kier alpha value is -2.56. The Bertz CT molecular complexity index is 1050. The van der Waals surface area contributed by atoms with Crippen LogP contribution in [-0.4, -0.2) is 10.5 Å². The van der Waals surface area contributed by atoms with E-state index in [1.54, 1.807) is 11.3 Å². The number of carbonyl (C=O) groups excluding carboxylic acids is 1. The summed E-state index contributed by atoms with van der Waals surface area (Å²) in [6.45, 7) is 1.25. The van der Waals surface area contributed by atoms with Gasteiger partial charge in [-0.2, -0.15) is 0 Å². The van der Waals surface area contributed by atoms with Crippen molar-refractivity contribution >= 4 is 39.1 Å². The van der Waals surface area contributed by atoms with Crippen LogP contribution in [0.15, 0.2) is 72.1 Å². The highest BCUT2D eigenvalue weighted by molar-refractivity contribution is 7.17. The van der Waals surface area contributed by atoms with E-state index in [1.165, 1.54) is 5.56 Å². The van der Waals surface area contributed by atoms with Gasteiger partial charge in [-0.15, -0.1) is 11.3 Å². The van der Waals surface area contributed by atoms with Gasteiger partial charge < -0.3 is 9.88 Å². The predicted molar refractivity (Wildman–Crippen MR) is 113 cm³/mol. The number of rotatable bonds is 6. The molecule has 0 atom stereocenters. The van der Waals surface area contributed by atoms with Gasteiger partial charge in [-0.25, -0.2) is 0 Å². The van der Waals surface area contributed by atoms with Gasteiger partial charge >= 0.3 is 0 Å². The van der Waals surface area contributed by atoms with Crippen LogP contribution in [0.3, 0.4) is 0 Å². The van der Waals surface area contributed by atoms with Gasteiger partial charge in [0.15, 0.2) is 0 Å². The summed E-state index contributed by atoms with van der Waals surface area (Å²) >= 11 is 7.58. The average Bonchev–Trinajstić information content (AvgIpc) is 3.28. The quantitative estimate of drug-likeness (QED) is 0.458. The number of thiophene rings is 1. The van der Waals surface area contributed by atoms with E-state index in [0.29, 0.717) is 17.3 Å². The van der Waals surface area contributed by atoms with Crippen molar-refractivity contribution in [2.24, 2.45) is 0 Å². The molecule has 0 unspecified atom stereocenters. The smallest absolute Gasteiger partial charge is 0.268 e. The van der Waals surface area contributed by atoms with Crippen molar-refractivity contribution in [1.82, 2.24) is 9.88 Å². The van der Waals surface area contributed by atoms with E-state index in [4.69, 9.17) is 11.6 Å². The van der Waals surface area contributed by atoms with Gasteiger partial charge in [-0.3, -0.25) is 4.79 Å². The van der Waals surface area contributed by atoms with E-state index in [1.807, 2.05) is 48.5 Å². The second-order valence-corrected chi connectivity index (χ2v) is 7.78.